The number of amides is 1. The minimum absolute atomic E-state index is 0.0858. The first kappa shape index (κ1) is 14.5. The third-order valence-corrected chi connectivity index (χ3v) is 3.97. The summed E-state index contributed by atoms with van der Waals surface area (Å²) < 4.78 is 1.76. The van der Waals surface area contributed by atoms with Crippen LogP contribution in [-0.2, 0) is 4.79 Å². The number of carbonyl (C=O) groups excluding carboxylic acids is 1. The van der Waals surface area contributed by atoms with Crippen molar-refractivity contribution in [1.29, 1.82) is 0 Å². The molecule has 0 radical (unpaired) electrons. The van der Waals surface area contributed by atoms with E-state index in [9.17, 15) is 4.79 Å². The fourth-order valence-electron chi connectivity index (χ4n) is 2.87. The van der Waals surface area contributed by atoms with Crippen molar-refractivity contribution < 1.29 is 4.79 Å². The second-order valence-electron chi connectivity index (χ2n) is 5.67. The lowest BCUT2D eigenvalue weighted by Crippen LogP contribution is -2.55. The Kier molecular flexibility index (Phi) is 3.56. The van der Waals surface area contributed by atoms with Crippen LogP contribution in [0.25, 0.3) is 5.95 Å². The molecule has 0 aromatic carbocycles. The molecule has 2 aromatic heterocycles. The number of hydrogen-bond donors (Lipinski definition) is 0. The first-order chi connectivity index (χ1) is 10.5. The van der Waals surface area contributed by atoms with Crippen LogP contribution in [0.2, 0.25) is 0 Å². The summed E-state index contributed by atoms with van der Waals surface area (Å²) in [4.78, 5) is 29.4. The summed E-state index contributed by atoms with van der Waals surface area (Å²) in [5, 5.41) is 0. The van der Waals surface area contributed by atoms with Crippen LogP contribution in [0.5, 0.6) is 0 Å². The maximum atomic E-state index is 12.6. The number of fused-ring (bicyclic) bond motifs is 1. The molecule has 7 nitrogen and oxygen atoms in total. The molecule has 116 valence electrons. The second-order valence-corrected chi connectivity index (χ2v) is 5.67. The standard InChI is InChI=1S/C15H20N6O/c1-5-11-14(22)19(4)12-8-17-15(20-7-6-16-9-20)18-13(12)21(11)10(2)3/h6-11H,5H2,1-4H3/t11-/m1/s1. The number of aromatic nitrogens is 4. The van der Waals surface area contributed by atoms with Gasteiger partial charge in [0, 0.05) is 25.5 Å². The zero-order valence-corrected chi connectivity index (χ0v) is 13.3. The third kappa shape index (κ3) is 2.13. The summed E-state index contributed by atoms with van der Waals surface area (Å²) in [7, 11) is 1.78. The minimum atomic E-state index is -0.192. The second kappa shape index (κ2) is 5.40. The lowest BCUT2D eigenvalue weighted by atomic mass is 10.1. The number of carbonyl (C=O) groups is 1. The minimum Gasteiger partial charge on any atom is -0.340 e. The highest BCUT2D eigenvalue weighted by atomic mass is 16.2. The van der Waals surface area contributed by atoms with Crippen LogP contribution in [0.4, 0.5) is 11.5 Å². The van der Waals surface area contributed by atoms with E-state index in [2.05, 4.69) is 33.7 Å². The van der Waals surface area contributed by atoms with Gasteiger partial charge in [0.1, 0.15) is 18.1 Å². The molecule has 3 heterocycles. The van der Waals surface area contributed by atoms with Crippen molar-refractivity contribution in [1.82, 2.24) is 19.5 Å². The van der Waals surface area contributed by atoms with E-state index in [0.717, 1.165) is 17.9 Å². The molecule has 0 aliphatic carbocycles. The molecule has 22 heavy (non-hydrogen) atoms. The molecule has 1 amide bonds. The predicted molar refractivity (Wildman–Crippen MR) is 84.3 cm³/mol. The Labute approximate surface area is 129 Å². The monoisotopic (exact) mass is 300 g/mol. The Balaban J connectivity index is 2.16. The lowest BCUT2D eigenvalue weighted by Gasteiger charge is -2.42. The quantitative estimate of drug-likeness (QED) is 0.862. The number of rotatable bonds is 3. The molecule has 0 saturated heterocycles. The van der Waals surface area contributed by atoms with Gasteiger partial charge in [-0.05, 0) is 20.3 Å². The topological polar surface area (TPSA) is 67.2 Å². The van der Waals surface area contributed by atoms with E-state index in [4.69, 9.17) is 0 Å². The van der Waals surface area contributed by atoms with Crippen molar-refractivity contribution in [2.75, 3.05) is 16.8 Å². The van der Waals surface area contributed by atoms with Crippen LogP contribution in [0.15, 0.2) is 24.9 Å². The Hall–Kier alpha value is -2.44. The highest BCUT2D eigenvalue weighted by molar-refractivity contribution is 6.04. The van der Waals surface area contributed by atoms with Gasteiger partial charge in [-0.15, -0.1) is 0 Å². The SMILES string of the molecule is CC[C@@H]1C(=O)N(C)c2cnc(-n3ccnc3)nc2N1C(C)C. The summed E-state index contributed by atoms with van der Waals surface area (Å²) in [6.45, 7) is 6.17. The number of hydrogen-bond acceptors (Lipinski definition) is 5. The van der Waals surface area contributed by atoms with Gasteiger partial charge < -0.3 is 9.80 Å². The average molecular weight is 300 g/mol. The zero-order valence-electron chi connectivity index (χ0n) is 13.3. The smallest absolute Gasteiger partial charge is 0.249 e. The van der Waals surface area contributed by atoms with Crippen LogP contribution in [0.3, 0.4) is 0 Å². The van der Waals surface area contributed by atoms with E-state index < -0.39 is 0 Å². The number of likely N-dealkylation sites (N-methyl/N-ethyl adjacent to an activating group) is 1. The van der Waals surface area contributed by atoms with Crippen molar-refractivity contribution in [3.63, 3.8) is 0 Å². The Morgan fingerprint density at radius 3 is 2.73 bits per heavy atom. The van der Waals surface area contributed by atoms with Crippen LogP contribution in [-0.4, -0.2) is 44.6 Å². The Bertz CT molecular complexity index is 681. The molecule has 0 fully saturated rings. The van der Waals surface area contributed by atoms with Gasteiger partial charge in [0.2, 0.25) is 11.9 Å². The highest BCUT2D eigenvalue weighted by Crippen LogP contribution is 2.35. The van der Waals surface area contributed by atoms with E-state index in [-0.39, 0.29) is 18.0 Å². The van der Waals surface area contributed by atoms with Crippen LogP contribution >= 0.6 is 0 Å². The molecule has 0 spiro atoms. The van der Waals surface area contributed by atoms with Crippen molar-refractivity contribution in [3.8, 4) is 5.95 Å². The molecule has 7 heteroatoms. The summed E-state index contributed by atoms with van der Waals surface area (Å²) in [6, 6.07) is -0.0186. The maximum absolute atomic E-state index is 12.6. The largest absolute Gasteiger partial charge is 0.340 e. The van der Waals surface area contributed by atoms with Gasteiger partial charge in [-0.25, -0.2) is 9.97 Å². The molecular weight excluding hydrogens is 280 g/mol. The molecule has 1 aliphatic rings. The zero-order chi connectivity index (χ0) is 15.9. The number of nitrogens with zero attached hydrogens (tertiary/aromatic N) is 6. The van der Waals surface area contributed by atoms with Crippen LogP contribution in [0.1, 0.15) is 27.2 Å². The molecule has 0 bridgehead atoms. The molecule has 0 unspecified atom stereocenters. The summed E-state index contributed by atoms with van der Waals surface area (Å²) in [5.41, 5.74) is 0.743. The van der Waals surface area contributed by atoms with Gasteiger partial charge in [-0.3, -0.25) is 9.36 Å². The van der Waals surface area contributed by atoms with Crippen LogP contribution < -0.4 is 9.80 Å². The molecule has 0 saturated carbocycles. The van der Waals surface area contributed by atoms with Gasteiger partial charge in [0.25, 0.3) is 0 Å². The van der Waals surface area contributed by atoms with Crippen molar-refractivity contribution in [3.05, 3.63) is 24.9 Å². The molecule has 3 rings (SSSR count). The maximum Gasteiger partial charge on any atom is 0.249 e. The normalized spacial score (nSPS) is 18.0. The molecular formula is C15H20N6O. The fraction of sp³-hybridized carbons (Fsp3) is 0.467. The summed E-state index contributed by atoms with van der Waals surface area (Å²) in [6.07, 6.45) is 7.60. The van der Waals surface area contributed by atoms with E-state index in [1.807, 2.05) is 6.92 Å². The average Bonchev–Trinajstić information content (AvgIpc) is 3.04. The van der Waals surface area contributed by atoms with Gasteiger partial charge in [-0.1, -0.05) is 6.92 Å². The summed E-state index contributed by atoms with van der Waals surface area (Å²) >= 11 is 0. The van der Waals surface area contributed by atoms with Gasteiger partial charge >= 0.3 is 0 Å². The van der Waals surface area contributed by atoms with E-state index in [0.29, 0.717) is 5.95 Å². The number of anilines is 2. The third-order valence-electron chi connectivity index (χ3n) is 3.97. The van der Waals surface area contributed by atoms with E-state index >= 15 is 0 Å². The highest BCUT2D eigenvalue weighted by Gasteiger charge is 2.38. The first-order valence-electron chi connectivity index (χ1n) is 7.45. The predicted octanol–water partition coefficient (Wildman–Crippen LogP) is 1.63. The van der Waals surface area contributed by atoms with Gasteiger partial charge in [0.05, 0.1) is 6.20 Å². The Morgan fingerprint density at radius 2 is 2.14 bits per heavy atom. The summed E-state index contributed by atoms with van der Waals surface area (Å²) in [5.74, 6) is 1.44. The van der Waals surface area contributed by atoms with Crippen molar-refractivity contribution in [2.45, 2.75) is 39.3 Å². The molecule has 1 aliphatic heterocycles. The van der Waals surface area contributed by atoms with Crippen molar-refractivity contribution >= 4 is 17.4 Å². The first-order valence-corrected chi connectivity index (χ1v) is 7.45. The van der Waals surface area contributed by atoms with Gasteiger partial charge in [0.15, 0.2) is 5.82 Å². The van der Waals surface area contributed by atoms with Crippen molar-refractivity contribution in [2.24, 2.45) is 0 Å². The fourth-order valence-corrected chi connectivity index (χ4v) is 2.87. The lowest BCUT2D eigenvalue weighted by molar-refractivity contribution is -0.120. The van der Waals surface area contributed by atoms with Crippen LogP contribution in [0, 0.1) is 0 Å². The molecule has 1 atom stereocenters. The van der Waals surface area contributed by atoms with E-state index in [1.165, 1.54) is 0 Å². The molecule has 2 aromatic rings. The van der Waals surface area contributed by atoms with E-state index in [1.54, 1.807) is 41.4 Å². The van der Waals surface area contributed by atoms with Gasteiger partial charge in [-0.2, -0.15) is 4.98 Å². The Morgan fingerprint density at radius 1 is 1.36 bits per heavy atom. The molecule has 0 N–H and O–H groups in total. The number of imidazole rings is 1.